The highest BCUT2D eigenvalue weighted by Gasteiger charge is 2.26. The molecular weight excluding hydrogens is 248 g/mol. The predicted octanol–water partition coefficient (Wildman–Crippen LogP) is 1.29. The van der Waals surface area contributed by atoms with Crippen molar-refractivity contribution in [2.45, 2.75) is 45.6 Å². The zero-order valence-corrected chi connectivity index (χ0v) is 12.1. The number of carbonyl (C=O) groups excluding carboxylic acids is 1. The fourth-order valence-corrected chi connectivity index (χ4v) is 1.67. The standard InChI is InChI=1S/C13H26N2O4/c1-4-10(2)11(12(17)18)14-13(19)15(3)8-6-5-7-9-16/h10-11,16H,4-9H2,1-3H3,(H,14,19)(H,17,18)/t10?,11-/m0/s1. The summed E-state index contributed by atoms with van der Waals surface area (Å²) in [7, 11) is 1.64. The Morgan fingerprint density at radius 1 is 1.26 bits per heavy atom. The first-order valence-electron chi connectivity index (χ1n) is 6.79. The zero-order valence-electron chi connectivity index (χ0n) is 12.1. The van der Waals surface area contributed by atoms with Crippen LogP contribution >= 0.6 is 0 Å². The molecule has 19 heavy (non-hydrogen) atoms. The first-order valence-corrected chi connectivity index (χ1v) is 6.79. The Morgan fingerprint density at radius 2 is 1.89 bits per heavy atom. The lowest BCUT2D eigenvalue weighted by atomic mass is 9.99. The highest BCUT2D eigenvalue weighted by atomic mass is 16.4. The molecular formula is C13H26N2O4. The van der Waals surface area contributed by atoms with Crippen LogP contribution in [-0.2, 0) is 4.79 Å². The highest BCUT2D eigenvalue weighted by Crippen LogP contribution is 2.08. The van der Waals surface area contributed by atoms with Crippen LogP contribution in [0.5, 0.6) is 0 Å². The van der Waals surface area contributed by atoms with Crippen LogP contribution < -0.4 is 5.32 Å². The molecule has 3 N–H and O–H groups in total. The molecule has 112 valence electrons. The van der Waals surface area contributed by atoms with Gasteiger partial charge in [0.15, 0.2) is 0 Å². The number of amides is 2. The molecule has 0 aliphatic carbocycles. The minimum absolute atomic E-state index is 0.107. The quantitative estimate of drug-likeness (QED) is 0.553. The monoisotopic (exact) mass is 274 g/mol. The lowest BCUT2D eigenvalue weighted by Crippen LogP contribution is -2.49. The maximum Gasteiger partial charge on any atom is 0.326 e. The number of nitrogens with one attached hydrogen (secondary N) is 1. The van der Waals surface area contributed by atoms with Crippen LogP contribution in [0.15, 0.2) is 0 Å². The fourth-order valence-electron chi connectivity index (χ4n) is 1.67. The number of aliphatic carboxylic acids is 1. The number of urea groups is 1. The Bertz CT molecular complexity index is 284. The Balaban J connectivity index is 4.20. The van der Waals surface area contributed by atoms with Crippen molar-refractivity contribution in [1.29, 1.82) is 0 Å². The fraction of sp³-hybridized carbons (Fsp3) is 0.846. The molecule has 6 nitrogen and oxygen atoms in total. The zero-order chi connectivity index (χ0) is 14.8. The minimum Gasteiger partial charge on any atom is -0.480 e. The van der Waals surface area contributed by atoms with E-state index in [1.807, 2.05) is 6.92 Å². The van der Waals surface area contributed by atoms with Gasteiger partial charge in [0.2, 0.25) is 0 Å². The van der Waals surface area contributed by atoms with E-state index in [1.165, 1.54) is 4.90 Å². The molecule has 0 spiro atoms. The Morgan fingerprint density at radius 3 is 2.37 bits per heavy atom. The molecule has 2 amide bonds. The molecule has 1 unspecified atom stereocenters. The van der Waals surface area contributed by atoms with E-state index in [0.29, 0.717) is 13.0 Å². The van der Waals surface area contributed by atoms with Crippen LogP contribution in [0.3, 0.4) is 0 Å². The third-order valence-electron chi connectivity index (χ3n) is 3.26. The molecule has 0 aromatic rings. The molecule has 6 heteroatoms. The number of carboxylic acids is 1. The number of aliphatic hydroxyl groups is 1. The lowest BCUT2D eigenvalue weighted by Gasteiger charge is -2.24. The van der Waals surface area contributed by atoms with Gasteiger partial charge < -0.3 is 20.4 Å². The highest BCUT2D eigenvalue weighted by molar-refractivity contribution is 5.82. The normalized spacial score (nSPS) is 13.7. The molecule has 0 fully saturated rings. The van der Waals surface area contributed by atoms with E-state index < -0.39 is 12.0 Å². The van der Waals surface area contributed by atoms with Gasteiger partial charge in [0.05, 0.1) is 0 Å². The van der Waals surface area contributed by atoms with Gasteiger partial charge in [-0.2, -0.15) is 0 Å². The van der Waals surface area contributed by atoms with Crippen LogP contribution in [0.2, 0.25) is 0 Å². The van der Waals surface area contributed by atoms with Crippen molar-refractivity contribution in [1.82, 2.24) is 10.2 Å². The Hall–Kier alpha value is -1.30. The summed E-state index contributed by atoms with van der Waals surface area (Å²) in [5.74, 6) is -1.11. The van der Waals surface area contributed by atoms with Crippen molar-refractivity contribution in [3.63, 3.8) is 0 Å². The number of hydrogen-bond acceptors (Lipinski definition) is 3. The molecule has 0 aromatic heterocycles. The molecule has 0 saturated heterocycles. The van der Waals surface area contributed by atoms with Crippen molar-refractivity contribution in [2.24, 2.45) is 5.92 Å². The number of carbonyl (C=O) groups is 2. The predicted molar refractivity (Wildman–Crippen MR) is 73.0 cm³/mol. The largest absolute Gasteiger partial charge is 0.480 e. The number of hydrogen-bond donors (Lipinski definition) is 3. The van der Waals surface area contributed by atoms with Gasteiger partial charge in [0.25, 0.3) is 0 Å². The molecule has 0 radical (unpaired) electrons. The second kappa shape index (κ2) is 9.61. The SMILES string of the molecule is CCC(C)[C@H](NC(=O)N(C)CCCCCO)C(=O)O. The summed E-state index contributed by atoms with van der Waals surface area (Å²) in [5, 5.41) is 20.3. The summed E-state index contributed by atoms with van der Waals surface area (Å²) >= 11 is 0. The number of aliphatic hydroxyl groups excluding tert-OH is 1. The molecule has 0 aliphatic rings. The van der Waals surface area contributed by atoms with Crippen LogP contribution in [-0.4, -0.2) is 53.4 Å². The van der Waals surface area contributed by atoms with E-state index in [2.05, 4.69) is 5.32 Å². The topological polar surface area (TPSA) is 89.9 Å². The van der Waals surface area contributed by atoms with Crippen molar-refractivity contribution in [3.8, 4) is 0 Å². The van der Waals surface area contributed by atoms with E-state index >= 15 is 0 Å². The van der Waals surface area contributed by atoms with Crippen LogP contribution in [0.4, 0.5) is 4.79 Å². The maximum absolute atomic E-state index is 11.8. The van der Waals surface area contributed by atoms with Crippen LogP contribution in [0.1, 0.15) is 39.5 Å². The van der Waals surface area contributed by atoms with Crippen molar-refractivity contribution in [2.75, 3.05) is 20.2 Å². The minimum atomic E-state index is -1.00. The van der Waals surface area contributed by atoms with Crippen LogP contribution in [0.25, 0.3) is 0 Å². The van der Waals surface area contributed by atoms with Gasteiger partial charge >= 0.3 is 12.0 Å². The molecule has 0 rings (SSSR count). The number of nitrogens with zero attached hydrogens (tertiary/aromatic N) is 1. The molecule has 0 heterocycles. The Kier molecular flexibility index (Phi) is 8.95. The van der Waals surface area contributed by atoms with Crippen LogP contribution in [0, 0.1) is 5.92 Å². The van der Waals surface area contributed by atoms with E-state index in [9.17, 15) is 9.59 Å². The average Bonchev–Trinajstić information content (AvgIpc) is 2.39. The van der Waals surface area contributed by atoms with Gasteiger partial charge in [0.1, 0.15) is 6.04 Å². The first-order chi connectivity index (χ1) is 8.93. The van der Waals surface area contributed by atoms with Gasteiger partial charge in [-0.05, 0) is 25.2 Å². The first kappa shape index (κ1) is 17.7. The Labute approximate surface area is 114 Å². The molecule has 0 saturated carbocycles. The molecule has 2 atom stereocenters. The molecule has 0 bridgehead atoms. The maximum atomic E-state index is 11.8. The second-order valence-corrected chi connectivity index (χ2v) is 4.86. The van der Waals surface area contributed by atoms with Gasteiger partial charge in [-0.25, -0.2) is 9.59 Å². The average molecular weight is 274 g/mol. The van der Waals surface area contributed by atoms with Gasteiger partial charge in [-0.15, -0.1) is 0 Å². The van der Waals surface area contributed by atoms with Gasteiger partial charge in [-0.3, -0.25) is 0 Å². The van der Waals surface area contributed by atoms with Gasteiger partial charge in [-0.1, -0.05) is 20.3 Å². The van der Waals surface area contributed by atoms with Crippen molar-refractivity contribution in [3.05, 3.63) is 0 Å². The van der Waals surface area contributed by atoms with E-state index in [0.717, 1.165) is 19.3 Å². The summed E-state index contributed by atoms with van der Waals surface area (Å²) in [6, 6.07) is -1.21. The van der Waals surface area contributed by atoms with E-state index in [1.54, 1.807) is 14.0 Å². The summed E-state index contributed by atoms with van der Waals surface area (Å²) < 4.78 is 0. The summed E-state index contributed by atoms with van der Waals surface area (Å²) in [6.45, 7) is 4.41. The van der Waals surface area contributed by atoms with E-state index in [4.69, 9.17) is 10.2 Å². The smallest absolute Gasteiger partial charge is 0.326 e. The summed E-state index contributed by atoms with van der Waals surface area (Å²) in [4.78, 5) is 24.4. The van der Waals surface area contributed by atoms with Crippen molar-refractivity contribution < 1.29 is 19.8 Å². The van der Waals surface area contributed by atoms with E-state index in [-0.39, 0.29) is 18.6 Å². The third-order valence-corrected chi connectivity index (χ3v) is 3.26. The molecule has 0 aromatic carbocycles. The summed E-state index contributed by atoms with van der Waals surface area (Å²) in [5.41, 5.74) is 0. The second-order valence-electron chi connectivity index (χ2n) is 4.86. The number of carboxylic acid groups (broad SMARTS) is 1. The third kappa shape index (κ3) is 7.00. The summed E-state index contributed by atoms with van der Waals surface area (Å²) in [6.07, 6.45) is 3.06. The van der Waals surface area contributed by atoms with Gasteiger partial charge in [0, 0.05) is 20.2 Å². The number of unbranched alkanes of at least 4 members (excludes halogenated alkanes) is 2. The number of rotatable bonds is 9. The molecule has 0 aliphatic heterocycles. The lowest BCUT2D eigenvalue weighted by molar-refractivity contribution is -0.140. The van der Waals surface area contributed by atoms with Crippen molar-refractivity contribution >= 4 is 12.0 Å².